The molecule has 0 unspecified atom stereocenters. The molecule has 5 heteroatoms. The Morgan fingerprint density at radius 3 is 2.00 bits per heavy atom. The second-order valence-corrected chi connectivity index (χ2v) is 6.93. The highest BCUT2D eigenvalue weighted by molar-refractivity contribution is 6.04. The zero-order valence-electron chi connectivity index (χ0n) is 15.3. The summed E-state index contributed by atoms with van der Waals surface area (Å²) in [6.45, 7) is 5.94. The molecule has 1 saturated heterocycles. The van der Waals surface area contributed by atoms with E-state index < -0.39 is 0 Å². The molecule has 26 heavy (non-hydrogen) atoms. The Hall–Kier alpha value is -2.82. The van der Waals surface area contributed by atoms with Crippen molar-refractivity contribution in [2.45, 2.75) is 26.7 Å². The molecule has 2 aromatic carbocycles. The van der Waals surface area contributed by atoms with E-state index in [-0.39, 0.29) is 11.8 Å². The van der Waals surface area contributed by atoms with Gasteiger partial charge < -0.3 is 15.5 Å². The van der Waals surface area contributed by atoms with Gasteiger partial charge in [-0.2, -0.15) is 0 Å². The number of hydrogen-bond donors (Lipinski definition) is 2. The van der Waals surface area contributed by atoms with Gasteiger partial charge in [0.1, 0.15) is 0 Å². The largest absolute Gasteiger partial charge is 0.372 e. The van der Waals surface area contributed by atoms with Gasteiger partial charge in [0, 0.05) is 42.6 Å². The van der Waals surface area contributed by atoms with Crippen molar-refractivity contribution >= 4 is 28.9 Å². The number of benzene rings is 2. The predicted octanol–water partition coefficient (Wildman–Crippen LogP) is 4.13. The van der Waals surface area contributed by atoms with Crippen molar-refractivity contribution in [1.82, 2.24) is 0 Å². The fourth-order valence-electron chi connectivity index (χ4n) is 3.13. The van der Waals surface area contributed by atoms with Crippen molar-refractivity contribution < 1.29 is 9.59 Å². The minimum absolute atomic E-state index is 0.134. The van der Waals surface area contributed by atoms with Crippen molar-refractivity contribution in [1.29, 1.82) is 0 Å². The van der Waals surface area contributed by atoms with E-state index in [2.05, 4.69) is 34.6 Å². The Kier molecular flexibility index (Phi) is 5.56. The van der Waals surface area contributed by atoms with Gasteiger partial charge in [-0.15, -0.1) is 0 Å². The van der Waals surface area contributed by atoms with Gasteiger partial charge in [-0.05, 0) is 67.3 Å². The summed E-state index contributed by atoms with van der Waals surface area (Å²) in [5, 5.41) is 5.60. The number of nitrogens with one attached hydrogen (secondary N) is 2. The van der Waals surface area contributed by atoms with E-state index in [4.69, 9.17) is 0 Å². The van der Waals surface area contributed by atoms with Crippen LogP contribution in [0.15, 0.2) is 48.5 Å². The van der Waals surface area contributed by atoms with E-state index in [1.165, 1.54) is 25.5 Å². The van der Waals surface area contributed by atoms with Gasteiger partial charge in [0.15, 0.2) is 0 Å². The molecule has 0 atom stereocenters. The van der Waals surface area contributed by atoms with Gasteiger partial charge >= 0.3 is 0 Å². The first-order valence-corrected chi connectivity index (χ1v) is 9.05. The average molecular weight is 351 g/mol. The van der Waals surface area contributed by atoms with Gasteiger partial charge in [-0.25, -0.2) is 0 Å². The summed E-state index contributed by atoms with van der Waals surface area (Å²) < 4.78 is 0. The number of piperidine rings is 1. The topological polar surface area (TPSA) is 61.4 Å². The lowest BCUT2D eigenvalue weighted by atomic mass is 9.99. The SMILES string of the molecule is CC(=O)Nc1ccc(C(=O)Nc2ccc(N3CCC(C)CC3)cc2)cc1. The zero-order chi connectivity index (χ0) is 18.5. The molecule has 5 nitrogen and oxygen atoms in total. The molecule has 3 rings (SSSR count). The number of anilines is 3. The fourth-order valence-corrected chi connectivity index (χ4v) is 3.13. The van der Waals surface area contributed by atoms with E-state index >= 15 is 0 Å². The Bertz CT molecular complexity index is 761. The Labute approximate surface area is 154 Å². The molecule has 2 amide bonds. The Balaban J connectivity index is 1.59. The second-order valence-electron chi connectivity index (χ2n) is 6.93. The van der Waals surface area contributed by atoms with E-state index in [1.54, 1.807) is 24.3 Å². The van der Waals surface area contributed by atoms with Crippen LogP contribution < -0.4 is 15.5 Å². The molecule has 2 aromatic rings. The minimum Gasteiger partial charge on any atom is -0.372 e. The fraction of sp³-hybridized carbons (Fsp3) is 0.333. The van der Waals surface area contributed by atoms with Crippen molar-refractivity contribution in [3.8, 4) is 0 Å². The Morgan fingerprint density at radius 2 is 1.42 bits per heavy atom. The van der Waals surface area contributed by atoms with Crippen LogP contribution in [-0.2, 0) is 4.79 Å². The lowest BCUT2D eigenvalue weighted by Gasteiger charge is -2.32. The first kappa shape index (κ1) is 18.0. The number of hydrogen-bond acceptors (Lipinski definition) is 3. The smallest absolute Gasteiger partial charge is 0.255 e. The molecular weight excluding hydrogens is 326 g/mol. The van der Waals surface area contributed by atoms with E-state index in [0.29, 0.717) is 11.3 Å². The van der Waals surface area contributed by atoms with Crippen molar-refractivity contribution in [2.75, 3.05) is 28.6 Å². The molecule has 0 aliphatic carbocycles. The summed E-state index contributed by atoms with van der Waals surface area (Å²) in [4.78, 5) is 25.8. The van der Waals surface area contributed by atoms with Gasteiger partial charge in [-0.3, -0.25) is 9.59 Å². The third-order valence-corrected chi connectivity index (χ3v) is 4.74. The number of nitrogens with zero attached hydrogens (tertiary/aromatic N) is 1. The lowest BCUT2D eigenvalue weighted by Crippen LogP contribution is -2.32. The van der Waals surface area contributed by atoms with E-state index in [1.807, 2.05) is 12.1 Å². The summed E-state index contributed by atoms with van der Waals surface area (Å²) in [5.41, 5.74) is 3.20. The summed E-state index contributed by atoms with van der Waals surface area (Å²) in [7, 11) is 0. The maximum atomic E-state index is 12.4. The number of carbonyl (C=O) groups is 2. The first-order chi connectivity index (χ1) is 12.5. The highest BCUT2D eigenvalue weighted by Gasteiger charge is 2.16. The number of amides is 2. The van der Waals surface area contributed by atoms with Crippen LogP contribution in [0.2, 0.25) is 0 Å². The number of rotatable bonds is 4. The maximum absolute atomic E-state index is 12.4. The summed E-state index contributed by atoms with van der Waals surface area (Å²) in [6.07, 6.45) is 2.46. The van der Waals surface area contributed by atoms with Crippen LogP contribution in [-0.4, -0.2) is 24.9 Å². The van der Waals surface area contributed by atoms with Crippen LogP contribution in [0.4, 0.5) is 17.1 Å². The third-order valence-electron chi connectivity index (χ3n) is 4.74. The highest BCUT2D eigenvalue weighted by Crippen LogP contribution is 2.24. The molecule has 1 aliphatic rings. The molecule has 0 saturated carbocycles. The molecule has 0 radical (unpaired) electrons. The molecule has 0 spiro atoms. The first-order valence-electron chi connectivity index (χ1n) is 9.05. The van der Waals surface area contributed by atoms with Gasteiger partial charge in [0.2, 0.25) is 5.91 Å². The van der Waals surface area contributed by atoms with Crippen molar-refractivity contribution in [2.24, 2.45) is 5.92 Å². The summed E-state index contributed by atoms with van der Waals surface area (Å²) in [6, 6.07) is 14.8. The van der Waals surface area contributed by atoms with Crippen molar-refractivity contribution in [3.63, 3.8) is 0 Å². The molecule has 1 fully saturated rings. The van der Waals surface area contributed by atoms with Crippen LogP contribution in [0.3, 0.4) is 0 Å². The molecule has 0 bridgehead atoms. The molecular formula is C21H25N3O2. The third kappa shape index (κ3) is 4.63. The van der Waals surface area contributed by atoms with Crippen molar-refractivity contribution in [3.05, 3.63) is 54.1 Å². The maximum Gasteiger partial charge on any atom is 0.255 e. The monoisotopic (exact) mass is 351 g/mol. The van der Waals surface area contributed by atoms with Crippen LogP contribution in [0, 0.1) is 5.92 Å². The van der Waals surface area contributed by atoms with Crippen LogP contribution in [0.5, 0.6) is 0 Å². The highest BCUT2D eigenvalue weighted by atomic mass is 16.2. The van der Waals surface area contributed by atoms with E-state index in [0.717, 1.165) is 24.7 Å². The molecule has 1 aliphatic heterocycles. The Morgan fingerprint density at radius 1 is 0.885 bits per heavy atom. The quantitative estimate of drug-likeness (QED) is 0.870. The minimum atomic E-state index is -0.168. The van der Waals surface area contributed by atoms with E-state index in [9.17, 15) is 9.59 Å². The average Bonchev–Trinajstić information content (AvgIpc) is 2.63. The van der Waals surface area contributed by atoms with Gasteiger partial charge in [0.05, 0.1) is 0 Å². The second kappa shape index (κ2) is 8.04. The zero-order valence-corrected chi connectivity index (χ0v) is 15.3. The molecule has 1 heterocycles. The predicted molar refractivity (Wildman–Crippen MR) is 106 cm³/mol. The molecule has 2 N–H and O–H groups in total. The van der Waals surface area contributed by atoms with Crippen LogP contribution in [0.1, 0.15) is 37.0 Å². The lowest BCUT2D eigenvalue weighted by molar-refractivity contribution is -0.114. The molecule has 0 aromatic heterocycles. The van der Waals surface area contributed by atoms with Crippen LogP contribution in [0.25, 0.3) is 0 Å². The summed E-state index contributed by atoms with van der Waals surface area (Å²) in [5.74, 6) is 0.506. The standard InChI is InChI=1S/C21H25N3O2/c1-15-11-13-24(14-12-15)20-9-7-19(8-10-20)23-21(26)17-3-5-18(6-4-17)22-16(2)25/h3-10,15H,11-14H2,1-2H3,(H,22,25)(H,23,26). The summed E-state index contributed by atoms with van der Waals surface area (Å²) >= 11 is 0. The van der Waals surface area contributed by atoms with Gasteiger partial charge in [0.25, 0.3) is 5.91 Å². The number of carbonyl (C=O) groups excluding carboxylic acids is 2. The molecule has 136 valence electrons. The van der Waals surface area contributed by atoms with Crippen LogP contribution >= 0.6 is 0 Å². The van der Waals surface area contributed by atoms with Gasteiger partial charge in [-0.1, -0.05) is 6.92 Å². The normalized spacial score (nSPS) is 14.8.